The molecule has 0 saturated carbocycles. The molecule has 0 aliphatic rings. The van der Waals surface area contributed by atoms with Crippen molar-refractivity contribution in [1.82, 2.24) is 0 Å². The van der Waals surface area contributed by atoms with E-state index in [-0.39, 0.29) is 5.39 Å². The molecule has 0 aliphatic heterocycles. The van der Waals surface area contributed by atoms with Gasteiger partial charge < -0.3 is 4.42 Å². The van der Waals surface area contributed by atoms with Crippen LogP contribution in [0.2, 0.25) is 0 Å². The number of hydrogen-bond donors (Lipinski definition) is 0. The van der Waals surface area contributed by atoms with Crippen LogP contribution in [0.3, 0.4) is 0 Å². The van der Waals surface area contributed by atoms with Crippen LogP contribution in [0.4, 0.5) is 22.0 Å². The van der Waals surface area contributed by atoms with Crippen molar-refractivity contribution in [3.05, 3.63) is 36.1 Å². The smallest absolute Gasteiger partial charge is 0.458 e. The van der Waals surface area contributed by atoms with Gasteiger partial charge in [0.05, 0.1) is 11.8 Å². The summed E-state index contributed by atoms with van der Waals surface area (Å²) in [7, 11) is 0. The monoisotopic (exact) mass is 235 g/mol. The minimum atomic E-state index is -5.64. The van der Waals surface area contributed by atoms with E-state index in [1.165, 1.54) is 6.07 Å². The zero-order chi connectivity index (χ0) is 12.0. The summed E-state index contributed by atoms with van der Waals surface area (Å²) >= 11 is 0. The van der Waals surface area contributed by atoms with Crippen molar-refractivity contribution < 1.29 is 26.4 Å². The van der Waals surface area contributed by atoms with Crippen molar-refractivity contribution in [2.45, 2.75) is 12.1 Å². The Hall–Kier alpha value is -1.59. The standard InChI is InChI=1S/C10H4F5O/c11-9(12,10(13,14)15)7-3-1-2-6-4-5-16-8(6)7/h1-3,5H. The molecule has 0 amide bonds. The van der Waals surface area contributed by atoms with Gasteiger partial charge in [0.15, 0.2) is 0 Å². The van der Waals surface area contributed by atoms with Crippen molar-refractivity contribution in [3.8, 4) is 0 Å². The van der Waals surface area contributed by atoms with Crippen LogP contribution in [0.5, 0.6) is 0 Å². The summed E-state index contributed by atoms with van der Waals surface area (Å²) < 4.78 is 67.2. The van der Waals surface area contributed by atoms with Crippen LogP contribution < -0.4 is 0 Å². The first kappa shape index (κ1) is 10.9. The molecule has 0 aliphatic carbocycles. The fourth-order valence-corrected chi connectivity index (χ4v) is 1.33. The van der Waals surface area contributed by atoms with Crippen molar-refractivity contribution in [3.63, 3.8) is 0 Å². The second-order valence-electron chi connectivity index (χ2n) is 3.13. The van der Waals surface area contributed by atoms with Gasteiger partial charge in [-0.15, -0.1) is 0 Å². The van der Waals surface area contributed by atoms with Crippen LogP contribution in [-0.2, 0) is 5.92 Å². The summed E-state index contributed by atoms with van der Waals surface area (Å²) in [4.78, 5) is 0. The lowest BCUT2D eigenvalue weighted by Gasteiger charge is -2.19. The number of para-hydroxylation sites is 1. The zero-order valence-electron chi connectivity index (χ0n) is 7.61. The van der Waals surface area contributed by atoms with E-state index in [0.717, 1.165) is 12.3 Å². The first-order valence-corrected chi connectivity index (χ1v) is 4.17. The lowest BCUT2D eigenvalue weighted by molar-refractivity contribution is -0.289. The lowest BCUT2D eigenvalue weighted by atomic mass is 10.1. The van der Waals surface area contributed by atoms with Crippen molar-refractivity contribution in [2.75, 3.05) is 0 Å². The first-order valence-electron chi connectivity index (χ1n) is 4.17. The number of rotatable bonds is 1. The molecule has 0 saturated heterocycles. The summed E-state index contributed by atoms with van der Waals surface area (Å²) in [6.45, 7) is 0. The van der Waals surface area contributed by atoms with Crippen LogP contribution in [0, 0.1) is 6.07 Å². The van der Waals surface area contributed by atoms with Gasteiger partial charge in [-0.2, -0.15) is 22.0 Å². The highest BCUT2D eigenvalue weighted by molar-refractivity contribution is 5.80. The van der Waals surface area contributed by atoms with Gasteiger partial charge in [0, 0.05) is 11.5 Å². The maximum Gasteiger partial charge on any atom is 0.458 e. The molecule has 0 fully saturated rings. The Morgan fingerprint density at radius 2 is 1.75 bits per heavy atom. The molecule has 2 aromatic rings. The molecule has 0 atom stereocenters. The van der Waals surface area contributed by atoms with E-state index in [9.17, 15) is 22.0 Å². The average molecular weight is 235 g/mol. The first-order chi connectivity index (χ1) is 7.34. The lowest BCUT2D eigenvalue weighted by Crippen LogP contribution is -2.33. The van der Waals surface area contributed by atoms with Crippen LogP contribution in [0.1, 0.15) is 5.56 Å². The summed E-state index contributed by atoms with van der Waals surface area (Å²) in [5.41, 5.74) is -1.69. The molecule has 6 heteroatoms. The minimum absolute atomic E-state index is 0.0847. The van der Waals surface area contributed by atoms with Crippen molar-refractivity contribution in [2.24, 2.45) is 0 Å². The van der Waals surface area contributed by atoms with Gasteiger partial charge >= 0.3 is 12.1 Å². The summed E-state index contributed by atoms with van der Waals surface area (Å²) in [6.07, 6.45) is -4.70. The Kier molecular flexibility index (Phi) is 2.18. The summed E-state index contributed by atoms with van der Waals surface area (Å²) in [6, 6.07) is 5.55. The molecule has 0 N–H and O–H groups in total. The fourth-order valence-electron chi connectivity index (χ4n) is 1.33. The number of fused-ring (bicyclic) bond motifs is 1. The van der Waals surface area contributed by atoms with Gasteiger partial charge in [0.2, 0.25) is 0 Å². The van der Waals surface area contributed by atoms with Crippen molar-refractivity contribution >= 4 is 11.0 Å². The van der Waals surface area contributed by atoms with E-state index in [2.05, 4.69) is 10.5 Å². The van der Waals surface area contributed by atoms with Gasteiger partial charge in [0.1, 0.15) is 5.58 Å². The fraction of sp³-hybridized carbons (Fsp3) is 0.200. The van der Waals surface area contributed by atoms with E-state index < -0.39 is 23.2 Å². The Labute approximate surface area is 86.5 Å². The predicted molar refractivity (Wildman–Crippen MR) is 45.0 cm³/mol. The van der Waals surface area contributed by atoms with E-state index in [4.69, 9.17) is 0 Å². The largest absolute Gasteiger partial charge is 0.463 e. The molecule has 0 bridgehead atoms. The van der Waals surface area contributed by atoms with E-state index in [1.54, 1.807) is 0 Å². The van der Waals surface area contributed by atoms with Crippen molar-refractivity contribution in [1.29, 1.82) is 0 Å². The van der Waals surface area contributed by atoms with Crippen LogP contribution in [-0.4, -0.2) is 6.18 Å². The Balaban J connectivity index is 2.68. The van der Waals surface area contributed by atoms with Crippen LogP contribution in [0.15, 0.2) is 28.9 Å². The highest BCUT2D eigenvalue weighted by Crippen LogP contribution is 2.46. The Morgan fingerprint density at radius 3 is 2.38 bits per heavy atom. The molecular formula is C10H4F5O. The predicted octanol–water partition coefficient (Wildman–Crippen LogP) is 3.89. The van der Waals surface area contributed by atoms with E-state index in [0.29, 0.717) is 6.07 Å². The molecule has 1 heterocycles. The maximum absolute atomic E-state index is 13.1. The third-order valence-corrected chi connectivity index (χ3v) is 2.10. The third-order valence-electron chi connectivity index (χ3n) is 2.10. The number of alkyl halides is 5. The maximum atomic E-state index is 13.1. The second-order valence-corrected chi connectivity index (χ2v) is 3.13. The van der Waals surface area contributed by atoms with Gasteiger partial charge in [-0.05, 0) is 6.07 Å². The molecule has 1 nitrogen and oxygen atoms in total. The van der Waals surface area contributed by atoms with Gasteiger partial charge in [-0.25, -0.2) is 0 Å². The normalized spacial score (nSPS) is 13.3. The number of benzene rings is 1. The highest BCUT2D eigenvalue weighted by atomic mass is 19.4. The molecule has 16 heavy (non-hydrogen) atoms. The minimum Gasteiger partial charge on any atom is -0.463 e. The summed E-state index contributed by atoms with van der Waals surface area (Å²) in [5, 5.41) is 0.0847. The van der Waals surface area contributed by atoms with E-state index in [1.807, 2.05) is 0 Å². The van der Waals surface area contributed by atoms with E-state index >= 15 is 0 Å². The molecule has 0 unspecified atom stereocenters. The Morgan fingerprint density at radius 1 is 1.06 bits per heavy atom. The van der Waals surface area contributed by atoms with Crippen LogP contribution >= 0.6 is 0 Å². The molecule has 85 valence electrons. The SMILES string of the molecule is FC(F)(F)C(F)(F)c1cccc2[c]coc12. The Bertz CT molecular complexity index is 511. The second kappa shape index (κ2) is 3.20. The van der Waals surface area contributed by atoms with Gasteiger partial charge in [0.25, 0.3) is 0 Å². The molecular weight excluding hydrogens is 231 g/mol. The topological polar surface area (TPSA) is 13.1 Å². The average Bonchev–Trinajstić information content (AvgIpc) is 2.62. The molecule has 2 rings (SSSR count). The number of halogens is 5. The van der Waals surface area contributed by atoms with Gasteiger partial charge in [-0.3, -0.25) is 0 Å². The molecule has 1 radical (unpaired) electrons. The molecule has 0 spiro atoms. The van der Waals surface area contributed by atoms with Crippen LogP contribution in [0.25, 0.3) is 11.0 Å². The summed E-state index contributed by atoms with van der Waals surface area (Å²) in [5.74, 6) is -4.93. The highest BCUT2D eigenvalue weighted by Gasteiger charge is 2.59. The molecule has 1 aromatic heterocycles. The quantitative estimate of drug-likeness (QED) is 0.683. The number of hydrogen-bond acceptors (Lipinski definition) is 1. The zero-order valence-corrected chi connectivity index (χ0v) is 7.61. The third kappa shape index (κ3) is 1.45. The van der Waals surface area contributed by atoms with Gasteiger partial charge in [-0.1, -0.05) is 12.1 Å². The molecule has 1 aromatic carbocycles. The number of furan rings is 1.